The van der Waals surface area contributed by atoms with E-state index in [1.54, 1.807) is 0 Å². The molecule has 1 aliphatic rings. The summed E-state index contributed by atoms with van der Waals surface area (Å²) >= 11 is 0. The van der Waals surface area contributed by atoms with Crippen LogP contribution in [0.25, 0.3) is 32.8 Å². The average molecular weight is 484 g/mol. The topological polar surface area (TPSA) is 68.7 Å². The zero-order chi connectivity index (χ0) is 25.4. The van der Waals surface area contributed by atoms with Gasteiger partial charge in [0.15, 0.2) is 6.10 Å². The van der Waals surface area contributed by atoms with Crippen LogP contribution >= 0.6 is 0 Å². The maximum atomic E-state index is 12.8. The summed E-state index contributed by atoms with van der Waals surface area (Å²) in [7, 11) is 0. The minimum atomic E-state index is -1.11. The number of unbranched alkanes of at least 4 members (excludes halogenated alkanes) is 1. The molecule has 0 radical (unpaired) electrons. The quantitative estimate of drug-likeness (QED) is 0.283. The van der Waals surface area contributed by atoms with Crippen molar-refractivity contribution in [1.29, 1.82) is 0 Å². The Labute approximate surface area is 212 Å². The highest BCUT2D eigenvalue weighted by molar-refractivity contribution is 6.08. The molecule has 5 heteroatoms. The fourth-order valence-corrected chi connectivity index (χ4v) is 5.45. The van der Waals surface area contributed by atoms with Crippen molar-refractivity contribution in [2.24, 2.45) is 0 Å². The summed E-state index contributed by atoms with van der Waals surface area (Å²) < 4.78 is 12.4. The first-order valence-electron chi connectivity index (χ1n) is 12.8. The van der Waals surface area contributed by atoms with Crippen molar-refractivity contribution in [3.8, 4) is 16.9 Å². The molecule has 36 heavy (non-hydrogen) atoms. The maximum Gasteiger partial charge on any atom is 0.337 e. The van der Waals surface area contributed by atoms with Crippen LogP contribution in [0.5, 0.6) is 5.75 Å². The van der Waals surface area contributed by atoms with Gasteiger partial charge < -0.3 is 14.6 Å². The van der Waals surface area contributed by atoms with Gasteiger partial charge >= 0.3 is 5.97 Å². The summed E-state index contributed by atoms with van der Waals surface area (Å²) in [5, 5.41) is 13.5. The lowest BCUT2D eigenvalue weighted by atomic mass is 9.85. The van der Waals surface area contributed by atoms with E-state index >= 15 is 0 Å². The highest BCUT2D eigenvalue weighted by Crippen LogP contribution is 2.45. The first kappa shape index (κ1) is 24.3. The smallest absolute Gasteiger partial charge is 0.337 e. The summed E-state index contributed by atoms with van der Waals surface area (Å²) in [6.45, 7) is 8.72. The van der Waals surface area contributed by atoms with Crippen molar-refractivity contribution in [2.75, 3.05) is 6.61 Å². The number of nitrogens with zero attached hydrogens (tertiary/aromatic N) is 1. The number of carboxylic acids is 1. The number of pyridine rings is 1. The number of aromatic nitrogens is 1. The highest BCUT2D eigenvalue weighted by Gasteiger charge is 2.34. The van der Waals surface area contributed by atoms with Crippen molar-refractivity contribution in [3.05, 3.63) is 71.4 Å². The molecule has 0 saturated heterocycles. The van der Waals surface area contributed by atoms with Gasteiger partial charge in [0.1, 0.15) is 5.75 Å². The second kappa shape index (κ2) is 9.55. The molecule has 0 saturated carbocycles. The average Bonchev–Trinajstić information content (AvgIpc) is 2.86. The van der Waals surface area contributed by atoms with Crippen LogP contribution in [0.15, 0.2) is 54.7 Å². The molecule has 1 atom stereocenters. The zero-order valence-corrected chi connectivity index (χ0v) is 21.4. The molecule has 1 aliphatic heterocycles. The van der Waals surface area contributed by atoms with Crippen molar-refractivity contribution >= 4 is 27.6 Å². The molecule has 0 bridgehead atoms. The number of hydrogen-bond donors (Lipinski definition) is 1. The Morgan fingerprint density at radius 3 is 2.78 bits per heavy atom. The maximum absolute atomic E-state index is 12.8. The number of rotatable bonds is 8. The molecule has 0 fully saturated rings. The number of hydrogen-bond acceptors (Lipinski definition) is 4. The van der Waals surface area contributed by atoms with Crippen LogP contribution < -0.4 is 4.74 Å². The lowest BCUT2D eigenvalue weighted by molar-refractivity contribution is -0.163. The van der Waals surface area contributed by atoms with Gasteiger partial charge in [-0.3, -0.25) is 4.98 Å². The molecule has 1 N–H and O–H groups in total. The predicted molar refractivity (Wildman–Crippen MR) is 144 cm³/mol. The Bertz CT molecular complexity index is 1450. The van der Waals surface area contributed by atoms with Gasteiger partial charge in [-0.15, -0.1) is 0 Å². The fraction of sp³-hybridized carbons (Fsp3) is 0.355. The number of ether oxygens (including phenoxy) is 2. The van der Waals surface area contributed by atoms with Crippen molar-refractivity contribution in [1.82, 2.24) is 4.98 Å². The van der Waals surface area contributed by atoms with E-state index in [-0.39, 0.29) is 0 Å². The number of aliphatic carboxylic acids is 1. The van der Waals surface area contributed by atoms with Gasteiger partial charge in [-0.1, -0.05) is 50.1 Å². The summed E-state index contributed by atoms with van der Waals surface area (Å²) in [5.41, 5.74) is 4.79. The van der Waals surface area contributed by atoms with Crippen LogP contribution in [0.4, 0.5) is 0 Å². The van der Waals surface area contributed by atoms with Crippen LogP contribution in [0.3, 0.4) is 0 Å². The second-order valence-corrected chi connectivity index (χ2v) is 10.3. The fourth-order valence-electron chi connectivity index (χ4n) is 5.45. The largest absolute Gasteiger partial charge is 0.493 e. The van der Waals surface area contributed by atoms with Crippen LogP contribution in [0.2, 0.25) is 0 Å². The monoisotopic (exact) mass is 483 g/mol. The van der Waals surface area contributed by atoms with Crippen LogP contribution in [-0.4, -0.2) is 28.3 Å². The Hall–Kier alpha value is -3.44. The van der Waals surface area contributed by atoms with Gasteiger partial charge in [0.2, 0.25) is 0 Å². The van der Waals surface area contributed by atoms with Gasteiger partial charge in [0.05, 0.1) is 17.7 Å². The number of fused-ring (bicyclic) bond motifs is 1. The Balaban J connectivity index is 1.81. The zero-order valence-electron chi connectivity index (χ0n) is 21.4. The molecular formula is C31H33NO4. The number of benzene rings is 3. The van der Waals surface area contributed by atoms with Crippen LogP contribution in [0, 0.1) is 6.92 Å². The second-order valence-electron chi connectivity index (χ2n) is 10.3. The molecule has 0 aliphatic carbocycles. The minimum Gasteiger partial charge on any atom is -0.493 e. The third-order valence-electron chi connectivity index (χ3n) is 7.19. The van der Waals surface area contributed by atoms with Gasteiger partial charge in [0, 0.05) is 29.1 Å². The molecule has 0 amide bonds. The lowest BCUT2D eigenvalue weighted by Gasteiger charge is -2.31. The summed E-state index contributed by atoms with van der Waals surface area (Å²) in [4.78, 5) is 17.6. The first-order chi connectivity index (χ1) is 17.3. The van der Waals surface area contributed by atoms with E-state index in [2.05, 4.69) is 25.1 Å². The van der Waals surface area contributed by atoms with Crippen molar-refractivity contribution in [3.63, 3.8) is 0 Å². The van der Waals surface area contributed by atoms with Crippen LogP contribution in [0.1, 0.15) is 62.8 Å². The van der Waals surface area contributed by atoms with Gasteiger partial charge in [-0.2, -0.15) is 0 Å². The van der Waals surface area contributed by atoms with E-state index in [4.69, 9.17) is 14.5 Å². The van der Waals surface area contributed by atoms with Gasteiger partial charge in [0.25, 0.3) is 0 Å². The van der Waals surface area contributed by atoms with Gasteiger partial charge in [-0.05, 0) is 72.9 Å². The summed E-state index contributed by atoms with van der Waals surface area (Å²) in [6.07, 6.45) is 4.34. The number of aryl methyl sites for hydroxylation is 1. The molecule has 3 aromatic carbocycles. The van der Waals surface area contributed by atoms with E-state index in [1.165, 1.54) is 5.56 Å². The van der Waals surface area contributed by atoms with E-state index in [1.807, 2.05) is 57.3 Å². The normalized spacial score (nSPS) is 14.1. The predicted octanol–water partition coefficient (Wildman–Crippen LogP) is 7.41. The van der Waals surface area contributed by atoms with E-state index in [0.29, 0.717) is 12.2 Å². The number of carboxylic acid groups (broad SMARTS) is 1. The number of carbonyl (C=O) groups is 1. The van der Waals surface area contributed by atoms with E-state index in [9.17, 15) is 9.90 Å². The minimum absolute atomic E-state index is 0.583. The Kier molecular flexibility index (Phi) is 6.44. The van der Waals surface area contributed by atoms with E-state index < -0.39 is 17.7 Å². The standard InChI is InChI=1S/C31H33NO4/c1-5-6-15-31(3,4)36-29(30(33)34)25-19(2)18-21-9-7-8-10-22(21)27(25)23-11-12-24-26-20(14-17-35-24)13-16-32-28(23)26/h7-13,16,18,29H,5-6,14-15,17H2,1-4H3,(H,33,34). The molecule has 1 aromatic heterocycles. The van der Waals surface area contributed by atoms with E-state index in [0.717, 1.165) is 69.8 Å². The molecule has 4 aromatic rings. The van der Waals surface area contributed by atoms with Crippen molar-refractivity contribution in [2.45, 2.75) is 65.1 Å². The molecule has 0 spiro atoms. The molecule has 5 nitrogen and oxygen atoms in total. The van der Waals surface area contributed by atoms with Gasteiger partial charge in [-0.25, -0.2) is 4.79 Å². The SMILES string of the molecule is CCCCC(C)(C)OC(C(=O)O)c1c(C)cc2ccccc2c1-c1ccc2c3c(ccnc13)CCO2. The summed E-state index contributed by atoms with van der Waals surface area (Å²) in [6, 6.07) is 16.2. The highest BCUT2D eigenvalue weighted by atomic mass is 16.5. The molecule has 1 unspecified atom stereocenters. The molecule has 186 valence electrons. The molecule has 5 rings (SSSR count). The van der Waals surface area contributed by atoms with Crippen molar-refractivity contribution < 1.29 is 19.4 Å². The Morgan fingerprint density at radius 2 is 2.00 bits per heavy atom. The third-order valence-corrected chi connectivity index (χ3v) is 7.19. The van der Waals surface area contributed by atoms with Crippen LogP contribution in [-0.2, 0) is 16.0 Å². The lowest BCUT2D eigenvalue weighted by Crippen LogP contribution is -2.31. The third kappa shape index (κ3) is 4.33. The Morgan fingerprint density at radius 1 is 1.19 bits per heavy atom. The molecule has 2 heterocycles. The summed E-state index contributed by atoms with van der Waals surface area (Å²) in [5.74, 6) is -0.161. The first-order valence-corrected chi connectivity index (χ1v) is 12.8. The molecular weight excluding hydrogens is 450 g/mol.